The molecule has 1 saturated carbocycles. The fourth-order valence-electron chi connectivity index (χ4n) is 4.21. The van der Waals surface area contributed by atoms with Gasteiger partial charge in [0.15, 0.2) is 0 Å². The van der Waals surface area contributed by atoms with Gasteiger partial charge in [0, 0.05) is 33.9 Å². The first kappa shape index (κ1) is 16.1. The van der Waals surface area contributed by atoms with Gasteiger partial charge in [0.25, 0.3) is 0 Å². The molecule has 1 atom stereocenters. The van der Waals surface area contributed by atoms with Gasteiger partial charge in [0.05, 0.1) is 13.1 Å². The molecule has 126 valence electrons. The van der Waals surface area contributed by atoms with Crippen molar-refractivity contribution in [1.29, 1.82) is 0 Å². The summed E-state index contributed by atoms with van der Waals surface area (Å²) >= 11 is 0. The van der Waals surface area contributed by atoms with Gasteiger partial charge in [0.1, 0.15) is 5.60 Å². The molecule has 2 aliphatic heterocycles. The van der Waals surface area contributed by atoms with Crippen LogP contribution in [0.25, 0.3) is 0 Å². The van der Waals surface area contributed by atoms with E-state index in [0.717, 1.165) is 51.7 Å². The lowest BCUT2D eigenvalue weighted by atomic mass is 9.79. The molecule has 5 nitrogen and oxygen atoms in total. The van der Waals surface area contributed by atoms with Gasteiger partial charge in [0.2, 0.25) is 0 Å². The van der Waals surface area contributed by atoms with Crippen molar-refractivity contribution in [2.45, 2.75) is 44.1 Å². The SMILES string of the molecule is CN(C)C(=O)N1CC2(C1)OCCC2CCOCC1CCCC1. The second-order valence-electron chi connectivity index (χ2n) is 7.45. The fourth-order valence-corrected chi connectivity index (χ4v) is 4.21. The van der Waals surface area contributed by atoms with E-state index in [0.29, 0.717) is 5.92 Å². The summed E-state index contributed by atoms with van der Waals surface area (Å²) < 4.78 is 11.9. The largest absolute Gasteiger partial charge is 0.381 e. The van der Waals surface area contributed by atoms with Gasteiger partial charge in [-0.3, -0.25) is 0 Å². The molecule has 1 unspecified atom stereocenters. The van der Waals surface area contributed by atoms with Crippen molar-refractivity contribution >= 4 is 6.03 Å². The number of ether oxygens (including phenoxy) is 2. The quantitative estimate of drug-likeness (QED) is 0.732. The highest BCUT2D eigenvalue weighted by molar-refractivity contribution is 5.75. The van der Waals surface area contributed by atoms with E-state index in [1.807, 2.05) is 4.90 Å². The molecule has 3 fully saturated rings. The normalized spacial score (nSPS) is 27.4. The molecule has 5 heteroatoms. The zero-order valence-electron chi connectivity index (χ0n) is 14.1. The van der Waals surface area contributed by atoms with Gasteiger partial charge in [-0.1, -0.05) is 12.8 Å². The van der Waals surface area contributed by atoms with Crippen molar-refractivity contribution in [1.82, 2.24) is 9.80 Å². The average molecular weight is 310 g/mol. The van der Waals surface area contributed by atoms with Crippen LogP contribution in [-0.4, -0.2) is 68.4 Å². The van der Waals surface area contributed by atoms with E-state index >= 15 is 0 Å². The second kappa shape index (κ2) is 6.75. The van der Waals surface area contributed by atoms with Crippen LogP contribution in [-0.2, 0) is 9.47 Å². The van der Waals surface area contributed by atoms with E-state index in [2.05, 4.69) is 0 Å². The van der Waals surface area contributed by atoms with Crippen LogP contribution >= 0.6 is 0 Å². The summed E-state index contributed by atoms with van der Waals surface area (Å²) in [7, 11) is 3.61. The minimum absolute atomic E-state index is 0.0810. The first-order chi connectivity index (χ1) is 10.6. The summed E-state index contributed by atoms with van der Waals surface area (Å²) in [5.74, 6) is 1.34. The smallest absolute Gasteiger partial charge is 0.319 e. The molecular formula is C17H30N2O3. The van der Waals surface area contributed by atoms with Crippen molar-refractivity contribution in [3.05, 3.63) is 0 Å². The van der Waals surface area contributed by atoms with Gasteiger partial charge in [-0.15, -0.1) is 0 Å². The monoisotopic (exact) mass is 310 g/mol. The van der Waals surface area contributed by atoms with Crippen molar-refractivity contribution in [2.75, 3.05) is 47.0 Å². The molecule has 1 aliphatic carbocycles. The van der Waals surface area contributed by atoms with E-state index in [-0.39, 0.29) is 11.6 Å². The Hall–Kier alpha value is -0.810. The molecule has 0 aromatic heterocycles. The van der Waals surface area contributed by atoms with Crippen LogP contribution in [0.2, 0.25) is 0 Å². The number of likely N-dealkylation sites (tertiary alicyclic amines) is 1. The molecule has 2 heterocycles. The lowest BCUT2D eigenvalue weighted by Gasteiger charge is -2.50. The third kappa shape index (κ3) is 3.25. The lowest BCUT2D eigenvalue weighted by molar-refractivity contribution is -0.120. The Morgan fingerprint density at radius 3 is 2.68 bits per heavy atom. The Bertz CT molecular complexity index is 387. The van der Waals surface area contributed by atoms with E-state index in [4.69, 9.17) is 9.47 Å². The summed E-state index contributed by atoms with van der Waals surface area (Å²) in [5, 5.41) is 0. The van der Waals surface area contributed by atoms with E-state index in [1.54, 1.807) is 19.0 Å². The first-order valence-corrected chi connectivity index (χ1v) is 8.79. The summed E-state index contributed by atoms with van der Waals surface area (Å²) in [5.41, 5.74) is -0.0810. The van der Waals surface area contributed by atoms with Crippen LogP contribution in [0.3, 0.4) is 0 Å². The Kier molecular flexibility index (Phi) is 4.93. The number of nitrogens with zero attached hydrogens (tertiary/aromatic N) is 2. The van der Waals surface area contributed by atoms with Gasteiger partial charge in [-0.25, -0.2) is 4.79 Å². The summed E-state index contributed by atoms with van der Waals surface area (Å²) in [6.45, 7) is 4.10. The minimum Gasteiger partial charge on any atom is -0.381 e. The third-order valence-electron chi connectivity index (χ3n) is 5.61. The van der Waals surface area contributed by atoms with Crippen molar-refractivity contribution in [3.63, 3.8) is 0 Å². The molecular weight excluding hydrogens is 280 g/mol. The van der Waals surface area contributed by atoms with Gasteiger partial charge >= 0.3 is 6.03 Å². The Labute approximate surface area is 133 Å². The maximum Gasteiger partial charge on any atom is 0.319 e. The van der Waals surface area contributed by atoms with Crippen LogP contribution in [0.1, 0.15) is 38.5 Å². The first-order valence-electron chi connectivity index (χ1n) is 8.79. The molecule has 3 aliphatic rings. The van der Waals surface area contributed by atoms with E-state index in [1.165, 1.54) is 25.7 Å². The van der Waals surface area contributed by atoms with Crippen molar-refractivity contribution in [3.8, 4) is 0 Å². The second-order valence-corrected chi connectivity index (χ2v) is 7.45. The maximum absolute atomic E-state index is 12.0. The molecule has 0 radical (unpaired) electrons. The number of carbonyl (C=O) groups excluding carboxylic acids is 1. The van der Waals surface area contributed by atoms with Crippen molar-refractivity contribution in [2.24, 2.45) is 11.8 Å². The van der Waals surface area contributed by atoms with E-state index in [9.17, 15) is 4.79 Å². The molecule has 3 rings (SSSR count). The lowest BCUT2D eigenvalue weighted by Crippen LogP contribution is -2.67. The average Bonchev–Trinajstić information content (AvgIpc) is 3.10. The molecule has 2 amide bonds. The van der Waals surface area contributed by atoms with E-state index < -0.39 is 0 Å². The molecule has 2 saturated heterocycles. The summed E-state index contributed by atoms with van der Waals surface area (Å²) in [4.78, 5) is 15.5. The van der Waals surface area contributed by atoms with Crippen LogP contribution in [0.15, 0.2) is 0 Å². The van der Waals surface area contributed by atoms with Gasteiger partial charge in [-0.05, 0) is 37.5 Å². The molecule has 22 heavy (non-hydrogen) atoms. The maximum atomic E-state index is 12.0. The highest BCUT2D eigenvalue weighted by Crippen LogP contribution is 2.42. The topological polar surface area (TPSA) is 42.0 Å². The molecule has 0 N–H and O–H groups in total. The van der Waals surface area contributed by atoms with Gasteiger partial charge in [-0.2, -0.15) is 0 Å². The highest BCUT2D eigenvalue weighted by atomic mass is 16.5. The molecule has 1 spiro atoms. The van der Waals surface area contributed by atoms with Gasteiger partial charge < -0.3 is 19.3 Å². The van der Waals surface area contributed by atoms with Crippen LogP contribution in [0.4, 0.5) is 4.79 Å². The zero-order valence-corrected chi connectivity index (χ0v) is 14.1. The van der Waals surface area contributed by atoms with Crippen LogP contribution < -0.4 is 0 Å². The Morgan fingerprint density at radius 2 is 2.00 bits per heavy atom. The standard InChI is InChI=1S/C17H30N2O3/c1-18(2)16(20)19-12-17(13-19)15(8-10-22-17)7-9-21-11-14-5-3-4-6-14/h14-15H,3-13H2,1-2H3. The predicted molar refractivity (Wildman–Crippen MR) is 84.8 cm³/mol. The molecule has 0 bridgehead atoms. The summed E-state index contributed by atoms with van der Waals surface area (Å²) in [6, 6.07) is 0.0948. The minimum atomic E-state index is -0.0810. The number of carbonyl (C=O) groups is 1. The summed E-state index contributed by atoms with van der Waals surface area (Å²) in [6.07, 6.45) is 7.62. The number of hydrogen-bond donors (Lipinski definition) is 0. The predicted octanol–water partition coefficient (Wildman–Crippen LogP) is 2.36. The van der Waals surface area contributed by atoms with Crippen LogP contribution in [0, 0.1) is 11.8 Å². The zero-order chi connectivity index (χ0) is 15.6. The highest BCUT2D eigenvalue weighted by Gasteiger charge is 2.54. The number of rotatable bonds is 5. The number of amides is 2. The van der Waals surface area contributed by atoms with Crippen molar-refractivity contribution < 1.29 is 14.3 Å². The fraction of sp³-hybridized carbons (Fsp3) is 0.941. The van der Waals surface area contributed by atoms with Crippen LogP contribution in [0.5, 0.6) is 0 Å². The third-order valence-corrected chi connectivity index (χ3v) is 5.61. The number of hydrogen-bond acceptors (Lipinski definition) is 3. The Morgan fingerprint density at radius 1 is 1.27 bits per heavy atom. The Balaban J connectivity index is 1.39. The molecule has 0 aromatic carbocycles. The number of urea groups is 1. The molecule has 0 aromatic rings.